The van der Waals surface area contributed by atoms with E-state index in [2.05, 4.69) is 25.2 Å². The number of amides is 3. The lowest BCUT2D eigenvalue weighted by Crippen LogP contribution is -2.57. The third kappa shape index (κ3) is 7.95. The number of phenolic OH excluding ortho intramolecular Hbond substituents is 1. The third-order valence-corrected chi connectivity index (χ3v) is 8.61. The van der Waals surface area contributed by atoms with Crippen LogP contribution in [0.5, 0.6) is 11.5 Å². The first-order valence-electron chi connectivity index (χ1n) is 14.1. The summed E-state index contributed by atoms with van der Waals surface area (Å²) in [5.41, 5.74) is 1.62. The fourth-order valence-electron chi connectivity index (χ4n) is 5.05. The summed E-state index contributed by atoms with van der Waals surface area (Å²) in [4.78, 5) is 41.6. The monoisotopic (exact) mass is 586 g/mol. The smallest absolute Gasteiger partial charge is 0.243 e. The molecule has 0 bridgehead atoms. The molecule has 0 spiro atoms. The number of fused-ring (bicyclic) bond motifs is 1. The second kappa shape index (κ2) is 13.6. The molecule has 1 saturated carbocycles. The predicted molar refractivity (Wildman–Crippen MR) is 157 cm³/mol. The van der Waals surface area contributed by atoms with Crippen LogP contribution in [-0.4, -0.2) is 77.8 Å². The average molecular weight is 587 g/mol. The fraction of sp³-hybridized carbons (Fsp3) is 0.500. The van der Waals surface area contributed by atoms with E-state index in [0.29, 0.717) is 48.5 Å². The van der Waals surface area contributed by atoms with E-state index < -0.39 is 35.8 Å². The van der Waals surface area contributed by atoms with E-state index in [-0.39, 0.29) is 30.1 Å². The normalized spacial score (nSPS) is 28.4. The number of benzene rings is 2. The van der Waals surface area contributed by atoms with Gasteiger partial charge in [0, 0.05) is 32.1 Å². The molecule has 2 aromatic rings. The number of halogens is 1. The van der Waals surface area contributed by atoms with Gasteiger partial charge in [0.2, 0.25) is 17.7 Å². The van der Waals surface area contributed by atoms with Crippen molar-refractivity contribution in [3.8, 4) is 11.5 Å². The van der Waals surface area contributed by atoms with E-state index in [9.17, 15) is 23.9 Å². The van der Waals surface area contributed by atoms with Gasteiger partial charge in [-0.15, -0.1) is 9.24 Å². The Morgan fingerprint density at radius 1 is 1.10 bits per heavy atom. The van der Waals surface area contributed by atoms with Crippen LogP contribution in [-0.2, 0) is 27.2 Å². The topological polar surface area (TPSA) is 120 Å². The molecule has 7 atom stereocenters. The summed E-state index contributed by atoms with van der Waals surface area (Å²) in [6.45, 7) is 4.22. The van der Waals surface area contributed by atoms with Gasteiger partial charge in [0.1, 0.15) is 35.5 Å². The Morgan fingerprint density at radius 3 is 2.49 bits per heavy atom. The van der Waals surface area contributed by atoms with E-state index in [1.54, 1.807) is 44.3 Å². The molecule has 1 aliphatic carbocycles. The van der Waals surface area contributed by atoms with Gasteiger partial charge in [0.25, 0.3) is 0 Å². The van der Waals surface area contributed by atoms with Gasteiger partial charge in [-0.1, -0.05) is 18.2 Å². The lowest BCUT2D eigenvalue weighted by atomic mass is 10.0. The zero-order valence-electron chi connectivity index (χ0n) is 23.7. The van der Waals surface area contributed by atoms with Crippen molar-refractivity contribution < 1.29 is 28.6 Å². The minimum absolute atomic E-state index is 0.108. The molecule has 1 aliphatic heterocycles. The van der Waals surface area contributed by atoms with Crippen LogP contribution < -0.4 is 20.7 Å². The van der Waals surface area contributed by atoms with E-state index >= 15 is 0 Å². The van der Waals surface area contributed by atoms with Crippen LogP contribution in [0.3, 0.4) is 0 Å². The molecule has 3 amide bonds. The van der Waals surface area contributed by atoms with Crippen molar-refractivity contribution in [2.75, 3.05) is 20.1 Å². The molecule has 4 N–H and O–H groups in total. The number of carbonyl (C=O) groups is 3. The number of ether oxygens (including phenoxy) is 1. The van der Waals surface area contributed by atoms with Crippen molar-refractivity contribution in [2.45, 2.75) is 69.4 Å². The first kappa shape index (κ1) is 30.7. The predicted octanol–water partition coefficient (Wildman–Crippen LogP) is 2.16. The highest BCUT2D eigenvalue weighted by Crippen LogP contribution is 2.41. The molecule has 41 heavy (non-hydrogen) atoms. The van der Waals surface area contributed by atoms with Crippen LogP contribution in [0.25, 0.3) is 0 Å². The molecule has 9 nitrogen and oxygen atoms in total. The third-order valence-electron chi connectivity index (χ3n) is 7.84. The Balaban J connectivity index is 1.60. The van der Waals surface area contributed by atoms with Gasteiger partial charge in [-0.2, -0.15) is 0 Å². The van der Waals surface area contributed by atoms with Gasteiger partial charge in [-0.05, 0) is 74.5 Å². The molecule has 222 valence electrons. The Kier molecular flexibility index (Phi) is 10.2. The highest BCUT2D eigenvalue weighted by Gasteiger charge is 2.45. The first-order chi connectivity index (χ1) is 19.5. The molecule has 7 unspecified atom stereocenters. The maximum absolute atomic E-state index is 13.6. The van der Waals surface area contributed by atoms with E-state index in [4.69, 9.17) is 4.74 Å². The quantitative estimate of drug-likeness (QED) is 0.410. The molecule has 4 rings (SSSR count). The number of likely N-dealkylation sites (N-methyl/N-ethyl adjacent to an activating group) is 1. The number of nitrogens with one attached hydrogen (secondary N) is 3. The fourth-order valence-corrected chi connectivity index (χ4v) is 5.59. The molecule has 1 fully saturated rings. The second-order valence-electron chi connectivity index (χ2n) is 11.0. The van der Waals surface area contributed by atoms with Crippen molar-refractivity contribution >= 4 is 27.0 Å². The maximum Gasteiger partial charge on any atom is 0.243 e. The Hall–Kier alpha value is -3.23. The van der Waals surface area contributed by atoms with Crippen LogP contribution in [0.1, 0.15) is 37.8 Å². The molecule has 11 heteroatoms. The number of aromatic hydroxyl groups is 1. The summed E-state index contributed by atoms with van der Waals surface area (Å²) in [6.07, 6.45) is 1.70. The molecule has 1 heterocycles. The molecular formula is C30H40FN4O5P. The summed E-state index contributed by atoms with van der Waals surface area (Å²) in [5, 5.41) is 19.6. The van der Waals surface area contributed by atoms with Crippen LogP contribution >= 0.6 is 9.24 Å². The average Bonchev–Trinajstić information content (AvgIpc) is 3.67. The van der Waals surface area contributed by atoms with Gasteiger partial charge in [-0.25, -0.2) is 4.39 Å². The van der Waals surface area contributed by atoms with Crippen LogP contribution in [0.15, 0.2) is 42.5 Å². The summed E-state index contributed by atoms with van der Waals surface area (Å²) >= 11 is 0. The van der Waals surface area contributed by atoms with Crippen molar-refractivity contribution in [3.05, 3.63) is 59.4 Å². The Labute approximate surface area is 242 Å². The first-order valence-corrected chi connectivity index (χ1v) is 14.8. The zero-order valence-corrected chi connectivity index (χ0v) is 24.9. The van der Waals surface area contributed by atoms with Gasteiger partial charge < -0.3 is 30.7 Å². The number of hydrogen-bond acceptors (Lipinski definition) is 6. The SMILES string of the molecule is CC1CNC(C2CC2P)C(=O)N(C)C(C)C(=O)NC(Cc2ccc(F)cc2)C(=O)NCCCc2c(O)cccc2O1. The van der Waals surface area contributed by atoms with Gasteiger partial charge in [0.15, 0.2) is 0 Å². The lowest BCUT2D eigenvalue weighted by Gasteiger charge is -2.31. The van der Waals surface area contributed by atoms with Crippen molar-refractivity contribution in [1.82, 2.24) is 20.9 Å². The summed E-state index contributed by atoms with van der Waals surface area (Å²) in [7, 11) is 4.36. The van der Waals surface area contributed by atoms with Crippen LogP contribution in [0, 0.1) is 11.7 Å². The zero-order chi connectivity index (χ0) is 29.7. The summed E-state index contributed by atoms with van der Waals surface area (Å²) in [5.74, 6) is -0.694. The molecule has 0 radical (unpaired) electrons. The highest BCUT2D eigenvalue weighted by molar-refractivity contribution is 7.18. The largest absolute Gasteiger partial charge is 0.508 e. The Bertz CT molecular complexity index is 1250. The van der Waals surface area contributed by atoms with Gasteiger partial charge >= 0.3 is 0 Å². The summed E-state index contributed by atoms with van der Waals surface area (Å²) in [6, 6.07) is 8.61. The number of phenols is 1. The van der Waals surface area contributed by atoms with Crippen LogP contribution in [0.2, 0.25) is 0 Å². The summed E-state index contributed by atoms with van der Waals surface area (Å²) < 4.78 is 19.7. The highest BCUT2D eigenvalue weighted by atomic mass is 31.0. The van der Waals surface area contributed by atoms with Crippen LogP contribution in [0.4, 0.5) is 4.39 Å². The number of carbonyl (C=O) groups excluding carboxylic acids is 3. The molecule has 0 aromatic heterocycles. The minimum Gasteiger partial charge on any atom is -0.508 e. The van der Waals surface area contributed by atoms with Gasteiger partial charge in [0.05, 0.1) is 6.04 Å². The van der Waals surface area contributed by atoms with E-state index in [1.165, 1.54) is 17.0 Å². The van der Waals surface area contributed by atoms with E-state index in [1.807, 2.05) is 6.92 Å². The lowest BCUT2D eigenvalue weighted by molar-refractivity contribution is -0.141. The van der Waals surface area contributed by atoms with Crippen molar-refractivity contribution in [1.29, 1.82) is 0 Å². The second-order valence-corrected chi connectivity index (χ2v) is 11.9. The molecule has 2 aromatic carbocycles. The standard InChI is InChI=1S/C30H40FN4O5P/c1-17-16-33-27(22-15-26(22)41)30(39)35(3)18(2)28(37)34-23(14-19-9-11-20(31)12-10-19)29(38)32-13-5-6-21-24(36)7-4-8-25(21)40-17/h4,7-12,17-18,22-23,26-27,33,36H,5-6,13-16,41H2,1-3H3,(H,32,38)(H,34,37). The molecule has 0 saturated heterocycles. The molecule has 2 aliphatic rings. The maximum atomic E-state index is 13.6. The van der Waals surface area contributed by atoms with E-state index in [0.717, 1.165) is 6.42 Å². The van der Waals surface area contributed by atoms with Crippen molar-refractivity contribution in [2.24, 2.45) is 5.92 Å². The minimum atomic E-state index is -0.934. The Morgan fingerprint density at radius 2 is 1.80 bits per heavy atom. The van der Waals surface area contributed by atoms with Crippen molar-refractivity contribution in [3.63, 3.8) is 0 Å². The number of rotatable bonds is 3. The van der Waals surface area contributed by atoms with Gasteiger partial charge in [-0.3, -0.25) is 14.4 Å². The number of hydrogen-bond donors (Lipinski definition) is 4. The molecular weight excluding hydrogens is 546 g/mol. The number of nitrogens with zero attached hydrogens (tertiary/aromatic N) is 1.